The van der Waals surface area contributed by atoms with Gasteiger partial charge in [-0.05, 0) is 80.7 Å². The van der Waals surface area contributed by atoms with Crippen LogP contribution in [0.3, 0.4) is 0 Å². The summed E-state index contributed by atoms with van der Waals surface area (Å²) in [6, 6.07) is 73.0. The van der Waals surface area contributed by atoms with Gasteiger partial charge in [-0.1, -0.05) is 164 Å². The molecule has 0 N–H and O–H groups in total. The largest absolute Gasteiger partial charge is 0.309 e. The molecule has 0 saturated carbocycles. The molecule has 0 saturated heterocycles. The van der Waals surface area contributed by atoms with Crippen LogP contribution in [0, 0.1) is 0 Å². The van der Waals surface area contributed by atoms with Crippen LogP contribution in [-0.2, 0) is 0 Å². The van der Waals surface area contributed by atoms with Crippen molar-refractivity contribution < 1.29 is 0 Å². The second-order valence-corrected chi connectivity index (χ2v) is 14.4. The molecule has 11 rings (SSSR count). The van der Waals surface area contributed by atoms with E-state index >= 15 is 0 Å². The Kier molecular flexibility index (Phi) is 7.78. The molecule has 0 atom stereocenters. The van der Waals surface area contributed by atoms with Gasteiger partial charge in [0.05, 0.1) is 16.7 Å². The van der Waals surface area contributed by atoms with Crippen LogP contribution in [0.2, 0.25) is 0 Å². The topological polar surface area (TPSA) is 43.6 Å². The van der Waals surface area contributed by atoms with Crippen molar-refractivity contribution in [3.63, 3.8) is 0 Å². The van der Waals surface area contributed by atoms with Crippen molar-refractivity contribution in [3.05, 3.63) is 206 Å². The predicted octanol–water partition coefficient (Wildman–Crippen LogP) is 13.6. The van der Waals surface area contributed by atoms with Crippen LogP contribution in [0.1, 0.15) is 0 Å². The first-order chi connectivity index (χ1) is 28.2. The lowest BCUT2D eigenvalue weighted by molar-refractivity contribution is 1.07. The van der Waals surface area contributed by atoms with E-state index in [1.54, 1.807) is 0 Å². The van der Waals surface area contributed by atoms with E-state index in [0.717, 1.165) is 50.1 Å². The highest BCUT2D eigenvalue weighted by molar-refractivity contribution is 6.23. The maximum Gasteiger partial charge on any atom is 0.164 e. The number of rotatable bonds is 6. The molecule has 0 bridgehead atoms. The van der Waals surface area contributed by atoms with Gasteiger partial charge in [0.15, 0.2) is 17.5 Å². The average Bonchev–Trinajstić information content (AvgIpc) is 3.62. The van der Waals surface area contributed by atoms with Crippen molar-refractivity contribution in [1.82, 2.24) is 19.5 Å². The SMILES string of the molecule is c1ccc(-c2cccc(-c3cc(-c4nc(-c5ccccc5)nc(-c5ccccc5)n4)ccc3-n3c4cc5ccccc5cc4c4c5ccccc5ccc43)c2)cc1. The summed E-state index contributed by atoms with van der Waals surface area (Å²) < 4.78 is 2.45. The van der Waals surface area contributed by atoms with Crippen LogP contribution in [0.5, 0.6) is 0 Å². The molecular weight excluding hydrogens is 693 g/mol. The molecule has 0 aliphatic heterocycles. The number of benzene rings is 9. The Morgan fingerprint density at radius 2 is 0.842 bits per heavy atom. The van der Waals surface area contributed by atoms with E-state index < -0.39 is 0 Å². The lowest BCUT2D eigenvalue weighted by Crippen LogP contribution is -2.02. The highest BCUT2D eigenvalue weighted by Crippen LogP contribution is 2.42. The fourth-order valence-corrected chi connectivity index (χ4v) is 8.27. The van der Waals surface area contributed by atoms with Gasteiger partial charge in [0.25, 0.3) is 0 Å². The van der Waals surface area contributed by atoms with Gasteiger partial charge in [0.2, 0.25) is 0 Å². The molecule has 11 aromatic rings. The standard InChI is InChI=1S/C53H34N4/c1-4-15-35(16-5-1)39-24-14-25-42(31-39)45-33-43(53-55-51(37-18-6-2-7-19-37)54-52(56-53)38-20-8-3-9-21-38)28-29-47(45)57-48-30-27-36-17-12-13-26-44(36)50(48)46-32-40-22-10-11-23-41(40)34-49(46)57/h1-34H. The quantitative estimate of drug-likeness (QED) is 0.171. The van der Waals surface area contributed by atoms with Crippen LogP contribution in [-0.4, -0.2) is 19.5 Å². The van der Waals surface area contributed by atoms with E-state index in [0.29, 0.717) is 17.5 Å². The van der Waals surface area contributed by atoms with Crippen molar-refractivity contribution in [3.8, 4) is 62.1 Å². The molecule has 4 heteroatoms. The van der Waals surface area contributed by atoms with Gasteiger partial charge in [-0.25, -0.2) is 15.0 Å². The fraction of sp³-hybridized carbons (Fsp3) is 0. The minimum atomic E-state index is 0.619. The first-order valence-corrected chi connectivity index (χ1v) is 19.3. The van der Waals surface area contributed by atoms with E-state index in [2.05, 4.69) is 150 Å². The lowest BCUT2D eigenvalue weighted by Gasteiger charge is -2.17. The molecular formula is C53H34N4. The number of nitrogens with zero attached hydrogens (tertiary/aromatic N) is 4. The summed E-state index contributed by atoms with van der Waals surface area (Å²) in [4.78, 5) is 15.2. The second kappa shape index (κ2) is 13.6. The van der Waals surface area contributed by atoms with Gasteiger partial charge < -0.3 is 4.57 Å². The number of hydrogen-bond donors (Lipinski definition) is 0. The second-order valence-electron chi connectivity index (χ2n) is 14.4. The molecule has 2 heterocycles. The van der Waals surface area contributed by atoms with Crippen LogP contribution in [0.4, 0.5) is 0 Å². The van der Waals surface area contributed by atoms with Gasteiger partial charge in [-0.15, -0.1) is 0 Å². The molecule has 0 spiro atoms. The Morgan fingerprint density at radius 1 is 0.298 bits per heavy atom. The molecule has 0 amide bonds. The highest BCUT2D eigenvalue weighted by atomic mass is 15.0. The highest BCUT2D eigenvalue weighted by Gasteiger charge is 2.21. The number of fused-ring (bicyclic) bond motifs is 6. The molecule has 0 fully saturated rings. The predicted molar refractivity (Wildman–Crippen MR) is 236 cm³/mol. The summed E-state index contributed by atoms with van der Waals surface area (Å²) >= 11 is 0. The monoisotopic (exact) mass is 726 g/mol. The third-order valence-electron chi connectivity index (χ3n) is 11.0. The summed E-state index contributed by atoms with van der Waals surface area (Å²) in [7, 11) is 0. The number of aromatic nitrogens is 4. The zero-order valence-electron chi connectivity index (χ0n) is 30.9. The van der Waals surface area contributed by atoms with Crippen molar-refractivity contribution >= 4 is 43.4 Å². The van der Waals surface area contributed by atoms with Crippen LogP contribution in [0.15, 0.2) is 206 Å². The third-order valence-corrected chi connectivity index (χ3v) is 11.0. The molecule has 2 aromatic heterocycles. The summed E-state index contributed by atoms with van der Waals surface area (Å²) in [6.45, 7) is 0. The molecule has 9 aromatic carbocycles. The third kappa shape index (κ3) is 5.74. The van der Waals surface area contributed by atoms with E-state index in [1.165, 1.54) is 37.9 Å². The van der Waals surface area contributed by atoms with Crippen molar-refractivity contribution in [2.75, 3.05) is 0 Å². The molecule has 57 heavy (non-hydrogen) atoms. The molecule has 0 radical (unpaired) electrons. The zero-order valence-corrected chi connectivity index (χ0v) is 30.9. The molecule has 0 aliphatic rings. The molecule has 4 nitrogen and oxygen atoms in total. The molecule has 266 valence electrons. The smallest absolute Gasteiger partial charge is 0.164 e. The number of hydrogen-bond acceptors (Lipinski definition) is 3. The van der Waals surface area contributed by atoms with Crippen molar-refractivity contribution in [1.29, 1.82) is 0 Å². The van der Waals surface area contributed by atoms with Gasteiger partial charge in [-0.2, -0.15) is 0 Å². The maximum atomic E-state index is 5.13. The zero-order chi connectivity index (χ0) is 37.7. The lowest BCUT2D eigenvalue weighted by atomic mass is 9.96. The van der Waals surface area contributed by atoms with Gasteiger partial charge in [0.1, 0.15) is 0 Å². The Balaban J connectivity index is 1.21. The fourth-order valence-electron chi connectivity index (χ4n) is 8.27. The van der Waals surface area contributed by atoms with Gasteiger partial charge >= 0.3 is 0 Å². The van der Waals surface area contributed by atoms with Crippen LogP contribution >= 0.6 is 0 Å². The van der Waals surface area contributed by atoms with Crippen molar-refractivity contribution in [2.45, 2.75) is 0 Å². The minimum Gasteiger partial charge on any atom is -0.309 e. The van der Waals surface area contributed by atoms with E-state index in [1.807, 2.05) is 60.7 Å². The summed E-state index contributed by atoms with van der Waals surface area (Å²) in [5, 5.41) is 7.37. The Morgan fingerprint density at radius 3 is 1.53 bits per heavy atom. The summed E-state index contributed by atoms with van der Waals surface area (Å²) in [5.41, 5.74) is 10.7. The van der Waals surface area contributed by atoms with Crippen molar-refractivity contribution in [2.24, 2.45) is 0 Å². The average molecular weight is 727 g/mol. The van der Waals surface area contributed by atoms with Gasteiger partial charge in [0, 0.05) is 33.0 Å². The summed E-state index contributed by atoms with van der Waals surface area (Å²) in [5.74, 6) is 1.89. The molecule has 0 aliphatic carbocycles. The van der Waals surface area contributed by atoms with E-state index in [4.69, 9.17) is 15.0 Å². The maximum absolute atomic E-state index is 5.13. The normalized spacial score (nSPS) is 11.5. The Hall–Kier alpha value is -7.69. The Bertz CT molecular complexity index is 3220. The van der Waals surface area contributed by atoms with E-state index in [9.17, 15) is 0 Å². The first kappa shape index (κ1) is 32.7. The van der Waals surface area contributed by atoms with Crippen LogP contribution < -0.4 is 0 Å². The molecule has 0 unspecified atom stereocenters. The van der Waals surface area contributed by atoms with E-state index in [-0.39, 0.29) is 0 Å². The minimum absolute atomic E-state index is 0.619. The van der Waals surface area contributed by atoms with Gasteiger partial charge in [-0.3, -0.25) is 0 Å². The first-order valence-electron chi connectivity index (χ1n) is 19.3. The summed E-state index contributed by atoms with van der Waals surface area (Å²) in [6.07, 6.45) is 0. The van der Waals surface area contributed by atoms with Crippen LogP contribution in [0.25, 0.3) is 105 Å². The Labute approximate surface area is 330 Å².